The van der Waals surface area contributed by atoms with E-state index in [0.717, 1.165) is 33.8 Å². The van der Waals surface area contributed by atoms with Crippen molar-refractivity contribution in [3.8, 4) is 11.5 Å². The van der Waals surface area contributed by atoms with E-state index in [2.05, 4.69) is 60.7 Å². The van der Waals surface area contributed by atoms with Gasteiger partial charge in [0.1, 0.15) is 11.5 Å². The number of hydrogen-bond acceptors (Lipinski definition) is 2. The summed E-state index contributed by atoms with van der Waals surface area (Å²) in [4.78, 5) is 0. The summed E-state index contributed by atoms with van der Waals surface area (Å²) in [5.74, 6) is 0.652. The van der Waals surface area contributed by atoms with Crippen molar-refractivity contribution in [2.45, 2.75) is 5.79 Å². The predicted octanol–water partition coefficient (Wildman–Crippen LogP) is 6.57. The minimum atomic E-state index is -0.995. The summed E-state index contributed by atoms with van der Waals surface area (Å²) in [7, 11) is 0. The highest BCUT2D eigenvalue weighted by Gasteiger charge is 2.43. The van der Waals surface area contributed by atoms with Crippen LogP contribution in [0.1, 0.15) is 16.7 Å². The number of fused-ring (bicyclic) bond motifs is 4. The molecule has 29 heavy (non-hydrogen) atoms. The van der Waals surface area contributed by atoms with Crippen LogP contribution in [0.5, 0.6) is 11.5 Å². The average Bonchev–Trinajstić information content (AvgIpc) is 2.79. The normalized spacial score (nSPS) is 19.1. The third-order valence-corrected chi connectivity index (χ3v) is 5.60. The Kier molecular flexibility index (Phi) is 3.41. The lowest BCUT2D eigenvalue weighted by atomic mass is 9.89. The molecule has 2 aliphatic heterocycles. The number of ether oxygens (including phenoxy) is 2. The molecule has 0 aliphatic carbocycles. The van der Waals surface area contributed by atoms with Gasteiger partial charge < -0.3 is 9.47 Å². The van der Waals surface area contributed by atoms with Crippen LogP contribution in [0.15, 0.2) is 97.1 Å². The summed E-state index contributed by atoms with van der Waals surface area (Å²) >= 11 is 0. The molecule has 4 aromatic carbocycles. The monoisotopic (exact) mass is 374 g/mol. The van der Waals surface area contributed by atoms with Crippen LogP contribution in [0.3, 0.4) is 0 Å². The Morgan fingerprint density at radius 1 is 0.621 bits per heavy atom. The van der Waals surface area contributed by atoms with Gasteiger partial charge in [-0.05, 0) is 40.6 Å². The highest BCUT2D eigenvalue weighted by Crippen LogP contribution is 2.46. The molecule has 1 spiro atoms. The summed E-state index contributed by atoms with van der Waals surface area (Å²) in [6.07, 6.45) is 6.34. The molecule has 0 radical (unpaired) electrons. The zero-order valence-electron chi connectivity index (χ0n) is 15.7. The third-order valence-electron chi connectivity index (χ3n) is 5.60. The molecule has 0 fully saturated rings. The highest BCUT2D eigenvalue weighted by atomic mass is 16.7. The Labute approximate surface area is 169 Å². The molecule has 2 heterocycles. The molecule has 0 amide bonds. The molecule has 6 rings (SSSR count). The smallest absolute Gasteiger partial charge is 0.299 e. The molecule has 0 N–H and O–H groups in total. The highest BCUT2D eigenvalue weighted by molar-refractivity contribution is 5.96. The SMILES string of the molecule is C1=CC2(Oc3ccccc3C=C2c2ccccc2)Oc2ccc3ccccc3c21. The van der Waals surface area contributed by atoms with Crippen molar-refractivity contribution < 1.29 is 9.47 Å². The second-order valence-electron chi connectivity index (χ2n) is 7.37. The van der Waals surface area contributed by atoms with E-state index in [-0.39, 0.29) is 0 Å². The molecule has 4 aromatic rings. The molecule has 0 saturated heterocycles. The van der Waals surface area contributed by atoms with E-state index < -0.39 is 5.79 Å². The Morgan fingerprint density at radius 2 is 1.38 bits per heavy atom. The third kappa shape index (κ3) is 2.50. The van der Waals surface area contributed by atoms with Crippen molar-refractivity contribution in [3.05, 3.63) is 114 Å². The number of para-hydroxylation sites is 1. The van der Waals surface area contributed by atoms with Crippen LogP contribution in [0.2, 0.25) is 0 Å². The maximum atomic E-state index is 6.62. The molecule has 2 nitrogen and oxygen atoms in total. The molecular formula is C27H18O2. The van der Waals surface area contributed by atoms with Crippen LogP contribution in [-0.2, 0) is 0 Å². The van der Waals surface area contributed by atoms with Gasteiger partial charge in [-0.2, -0.15) is 0 Å². The first-order chi connectivity index (χ1) is 14.3. The van der Waals surface area contributed by atoms with Crippen LogP contribution in [0.25, 0.3) is 28.5 Å². The van der Waals surface area contributed by atoms with Crippen molar-refractivity contribution in [2.24, 2.45) is 0 Å². The van der Waals surface area contributed by atoms with Crippen molar-refractivity contribution in [3.63, 3.8) is 0 Å². The molecule has 1 atom stereocenters. The van der Waals surface area contributed by atoms with E-state index in [1.165, 1.54) is 10.8 Å². The summed E-state index contributed by atoms with van der Waals surface area (Å²) in [5, 5.41) is 2.38. The Bertz CT molecular complexity index is 1300. The summed E-state index contributed by atoms with van der Waals surface area (Å²) in [5.41, 5.74) is 4.21. The Morgan fingerprint density at radius 3 is 2.31 bits per heavy atom. The fraction of sp³-hybridized carbons (Fsp3) is 0.0370. The molecule has 138 valence electrons. The molecule has 0 bridgehead atoms. The second kappa shape index (κ2) is 6.11. The lowest BCUT2D eigenvalue weighted by Gasteiger charge is -2.39. The number of hydrogen-bond donors (Lipinski definition) is 0. The summed E-state index contributed by atoms with van der Waals surface area (Å²) < 4.78 is 13.1. The molecular weight excluding hydrogens is 356 g/mol. The fourth-order valence-electron chi connectivity index (χ4n) is 4.20. The van der Waals surface area contributed by atoms with E-state index in [9.17, 15) is 0 Å². The first-order valence-corrected chi connectivity index (χ1v) is 9.78. The van der Waals surface area contributed by atoms with Crippen LogP contribution >= 0.6 is 0 Å². The van der Waals surface area contributed by atoms with Crippen LogP contribution in [0, 0.1) is 0 Å². The minimum Gasteiger partial charge on any atom is -0.444 e. The minimum absolute atomic E-state index is 0.820. The van der Waals surface area contributed by atoms with Crippen molar-refractivity contribution in [1.29, 1.82) is 0 Å². The number of benzene rings is 4. The largest absolute Gasteiger partial charge is 0.444 e. The van der Waals surface area contributed by atoms with E-state index >= 15 is 0 Å². The van der Waals surface area contributed by atoms with E-state index in [1.54, 1.807) is 0 Å². The number of rotatable bonds is 1. The zero-order valence-corrected chi connectivity index (χ0v) is 15.7. The quantitative estimate of drug-likeness (QED) is 0.375. The first kappa shape index (κ1) is 16.2. The van der Waals surface area contributed by atoms with Gasteiger partial charge in [0, 0.05) is 22.8 Å². The zero-order chi connectivity index (χ0) is 19.3. The van der Waals surface area contributed by atoms with Crippen LogP contribution in [-0.4, -0.2) is 5.79 Å². The van der Waals surface area contributed by atoms with Crippen molar-refractivity contribution >= 4 is 28.5 Å². The first-order valence-electron chi connectivity index (χ1n) is 9.78. The van der Waals surface area contributed by atoms with Gasteiger partial charge in [-0.15, -0.1) is 0 Å². The molecule has 0 saturated carbocycles. The van der Waals surface area contributed by atoms with Gasteiger partial charge in [0.15, 0.2) is 0 Å². The van der Waals surface area contributed by atoms with Gasteiger partial charge in [0.25, 0.3) is 5.79 Å². The van der Waals surface area contributed by atoms with Crippen LogP contribution in [0.4, 0.5) is 0 Å². The fourth-order valence-corrected chi connectivity index (χ4v) is 4.20. The average molecular weight is 374 g/mol. The van der Waals surface area contributed by atoms with E-state index in [0.29, 0.717) is 0 Å². The molecule has 2 heteroatoms. The Hall–Kier alpha value is -3.78. The lowest BCUT2D eigenvalue weighted by molar-refractivity contribution is -0.0210. The summed E-state index contributed by atoms with van der Waals surface area (Å²) in [6.45, 7) is 0. The molecule has 1 unspecified atom stereocenters. The molecule has 0 aromatic heterocycles. The van der Waals surface area contributed by atoms with E-state index in [1.807, 2.05) is 48.5 Å². The molecule has 2 aliphatic rings. The second-order valence-corrected chi connectivity index (χ2v) is 7.37. The van der Waals surface area contributed by atoms with Gasteiger partial charge >= 0.3 is 0 Å². The standard InChI is InChI=1S/C27H18O2/c1-2-9-20(10-3-1)24-18-21-11-5-7-13-25(21)28-27(24)17-16-23-22-12-6-4-8-19(22)14-15-26(23)29-27/h1-18H. The Balaban J connectivity index is 1.56. The predicted molar refractivity (Wildman–Crippen MR) is 118 cm³/mol. The maximum absolute atomic E-state index is 6.62. The topological polar surface area (TPSA) is 18.5 Å². The van der Waals surface area contributed by atoms with Gasteiger partial charge in [-0.1, -0.05) is 78.9 Å². The van der Waals surface area contributed by atoms with Gasteiger partial charge in [-0.25, -0.2) is 0 Å². The van der Waals surface area contributed by atoms with E-state index in [4.69, 9.17) is 9.47 Å². The van der Waals surface area contributed by atoms with Gasteiger partial charge in [0.2, 0.25) is 0 Å². The van der Waals surface area contributed by atoms with Crippen molar-refractivity contribution in [2.75, 3.05) is 0 Å². The van der Waals surface area contributed by atoms with Gasteiger partial charge in [-0.3, -0.25) is 0 Å². The van der Waals surface area contributed by atoms with Gasteiger partial charge in [0.05, 0.1) is 0 Å². The maximum Gasteiger partial charge on any atom is 0.299 e. The lowest BCUT2D eigenvalue weighted by Crippen LogP contribution is -2.44. The van der Waals surface area contributed by atoms with Crippen LogP contribution < -0.4 is 9.47 Å². The van der Waals surface area contributed by atoms with Crippen molar-refractivity contribution in [1.82, 2.24) is 0 Å². The summed E-state index contributed by atoms with van der Waals surface area (Å²) in [6, 6.07) is 30.9.